The van der Waals surface area contributed by atoms with Crippen LogP contribution in [0.1, 0.15) is 66.0 Å². The Morgan fingerprint density at radius 3 is 2.70 bits per heavy atom. The minimum Gasteiger partial charge on any atom is -0.444 e. The van der Waals surface area contributed by atoms with Gasteiger partial charge in [0.1, 0.15) is 11.4 Å². The second-order valence-electron chi connectivity index (χ2n) is 8.59. The first kappa shape index (κ1) is 24.0. The first-order valence-corrected chi connectivity index (χ1v) is 11.2. The van der Waals surface area contributed by atoms with Crippen molar-refractivity contribution in [2.45, 2.75) is 85.4 Å². The van der Waals surface area contributed by atoms with Crippen molar-refractivity contribution in [3.63, 3.8) is 0 Å². The van der Waals surface area contributed by atoms with E-state index in [9.17, 15) is 4.79 Å². The molecule has 30 heavy (non-hydrogen) atoms. The van der Waals surface area contributed by atoms with E-state index in [2.05, 4.69) is 39.6 Å². The van der Waals surface area contributed by atoms with Crippen LogP contribution in [0.3, 0.4) is 0 Å². The third kappa shape index (κ3) is 7.50. The van der Waals surface area contributed by atoms with Crippen LogP contribution in [0.2, 0.25) is 0 Å². The van der Waals surface area contributed by atoms with E-state index >= 15 is 0 Å². The maximum absolute atomic E-state index is 12.4. The van der Waals surface area contributed by atoms with E-state index in [0.717, 1.165) is 56.4 Å². The number of carbonyl (C=O) groups is 1. The summed E-state index contributed by atoms with van der Waals surface area (Å²) < 4.78 is 7.52. The summed E-state index contributed by atoms with van der Waals surface area (Å²) in [6.45, 7) is 15.1. The predicted molar refractivity (Wildman–Crippen MR) is 119 cm³/mol. The molecule has 1 amide bonds. The summed E-state index contributed by atoms with van der Waals surface area (Å²) in [5.41, 5.74) is -0.498. The molecular formula is C21H39N7O2. The van der Waals surface area contributed by atoms with E-state index < -0.39 is 5.60 Å². The van der Waals surface area contributed by atoms with Crippen LogP contribution in [0.15, 0.2) is 4.99 Å². The maximum Gasteiger partial charge on any atom is 0.410 e. The van der Waals surface area contributed by atoms with Gasteiger partial charge in [0.05, 0.1) is 13.1 Å². The number of fused-ring (bicyclic) bond motifs is 1. The van der Waals surface area contributed by atoms with E-state index in [1.54, 1.807) is 4.90 Å². The lowest BCUT2D eigenvalue weighted by Gasteiger charge is -2.27. The lowest BCUT2D eigenvalue weighted by molar-refractivity contribution is 0.0256. The second-order valence-corrected chi connectivity index (χ2v) is 8.59. The van der Waals surface area contributed by atoms with E-state index in [4.69, 9.17) is 4.74 Å². The van der Waals surface area contributed by atoms with Crippen LogP contribution in [0, 0.1) is 0 Å². The number of hydrogen-bond donors (Lipinski definition) is 2. The predicted octanol–water partition coefficient (Wildman–Crippen LogP) is 2.36. The summed E-state index contributed by atoms with van der Waals surface area (Å²) in [5.74, 6) is 2.74. The molecule has 170 valence electrons. The smallest absolute Gasteiger partial charge is 0.410 e. The second kappa shape index (κ2) is 11.2. The van der Waals surface area contributed by atoms with Crippen molar-refractivity contribution in [3.05, 3.63) is 11.6 Å². The number of aryl methyl sites for hydroxylation is 2. The van der Waals surface area contributed by atoms with Crippen LogP contribution >= 0.6 is 0 Å². The number of carbonyl (C=O) groups excluding carboxylic acids is 1. The van der Waals surface area contributed by atoms with Crippen molar-refractivity contribution in [1.82, 2.24) is 30.3 Å². The molecule has 0 saturated heterocycles. The Hall–Kier alpha value is -2.32. The van der Waals surface area contributed by atoms with Crippen molar-refractivity contribution in [1.29, 1.82) is 0 Å². The van der Waals surface area contributed by atoms with Gasteiger partial charge in [0, 0.05) is 38.5 Å². The summed E-state index contributed by atoms with van der Waals surface area (Å²) in [6.07, 6.45) is 3.35. The van der Waals surface area contributed by atoms with Gasteiger partial charge in [-0.25, -0.2) is 14.5 Å². The highest BCUT2D eigenvalue weighted by Gasteiger charge is 2.23. The third-order valence-electron chi connectivity index (χ3n) is 4.69. The van der Waals surface area contributed by atoms with Gasteiger partial charge in [-0.1, -0.05) is 13.8 Å². The Bertz CT molecular complexity index is 709. The average Bonchev–Trinajstić information content (AvgIpc) is 3.08. The van der Waals surface area contributed by atoms with Crippen LogP contribution in [0.4, 0.5) is 4.79 Å². The van der Waals surface area contributed by atoms with E-state index in [1.807, 2.05) is 32.4 Å². The highest BCUT2D eigenvalue weighted by Crippen LogP contribution is 2.13. The fourth-order valence-electron chi connectivity index (χ4n) is 3.31. The molecule has 1 aromatic heterocycles. The normalized spacial score (nSPS) is 16.7. The van der Waals surface area contributed by atoms with E-state index in [0.29, 0.717) is 19.6 Å². The van der Waals surface area contributed by atoms with E-state index in [-0.39, 0.29) is 12.1 Å². The number of ether oxygens (including phenoxy) is 1. The standard InChI is InChI=1S/C21H39N7O2/c1-7-13-27(20(29)30-21(4,5)6)14-12-23-19(22-9-3)24-16-10-11-18-25-17(8-2)26-28(18)15-16/h16H,7-15H2,1-6H3,(H2,22,23,24). The van der Waals surface area contributed by atoms with Crippen LogP contribution in [-0.4, -0.2) is 69.5 Å². The third-order valence-corrected chi connectivity index (χ3v) is 4.69. The molecule has 0 radical (unpaired) electrons. The van der Waals surface area contributed by atoms with Crippen molar-refractivity contribution in [2.75, 3.05) is 26.2 Å². The first-order chi connectivity index (χ1) is 14.3. The summed E-state index contributed by atoms with van der Waals surface area (Å²) >= 11 is 0. The zero-order chi connectivity index (χ0) is 22.1. The van der Waals surface area contributed by atoms with Crippen LogP contribution in [0.25, 0.3) is 0 Å². The monoisotopic (exact) mass is 421 g/mol. The molecule has 1 unspecified atom stereocenters. The van der Waals surface area contributed by atoms with Gasteiger partial charge in [0.25, 0.3) is 0 Å². The summed E-state index contributed by atoms with van der Waals surface area (Å²) in [4.78, 5) is 23.4. The molecule has 0 spiro atoms. The number of aliphatic imine (C=N–C) groups is 1. The summed E-state index contributed by atoms with van der Waals surface area (Å²) in [5, 5.41) is 11.4. The molecule has 0 saturated carbocycles. The van der Waals surface area contributed by atoms with Crippen LogP contribution in [0.5, 0.6) is 0 Å². The Morgan fingerprint density at radius 1 is 1.30 bits per heavy atom. The average molecular weight is 422 g/mol. The zero-order valence-corrected chi connectivity index (χ0v) is 19.5. The van der Waals surface area contributed by atoms with Crippen molar-refractivity contribution in [3.8, 4) is 0 Å². The van der Waals surface area contributed by atoms with Gasteiger partial charge < -0.3 is 20.3 Å². The van der Waals surface area contributed by atoms with Gasteiger partial charge in [0.2, 0.25) is 0 Å². The van der Waals surface area contributed by atoms with Gasteiger partial charge in [-0.05, 0) is 40.5 Å². The number of amides is 1. The molecule has 0 fully saturated rings. The van der Waals surface area contributed by atoms with Crippen LogP contribution < -0.4 is 10.6 Å². The van der Waals surface area contributed by atoms with Gasteiger partial charge in [0.15, 0.2) is 11.8 Å². The molecule has 1 atom stereocenters. The van der Waals surface area contributed by atoms with E-state index in [1.165, 1.54) is 0 Å². The molecule has 9 nitrogen and oxygen atoms in total. The number of hydrogen-bond acceptors (Lipinski definition) is 5. The molecule has 2 N–H and O–H groups in total. The molecular weight excluding hydrogens is 382 g/mol. The number of guanidine groups is 1. The molecule has 9 heteroatoms. The SMILES string of the molecule is CCCN(CCN=C(NCC)NC1CCc2nc(CC)nn2C1)C(=O)OC(C)(C)C. The molecule has 0 aliphatic carbocycles. The van der Waals surface area contributed by atoms with Crippen LogP contribution in [-0.2, 0) is 24.1 Å². The molecule has 1 aliphatic heterocycles. The highest BCUT2D eigenvalue weighted by atomic mass is 16.6. The highest BCUT2D eigenvalue weighted by molar-refractivity contribution is 5.80. The van der Waals surface area contributed by atoms with Gasteiger partial charge >= 0.3 is 6.09 Å². The molecule has 0 bridgehead atoms. The lowest BCUT2D eigenvalue weighted by atomic mass is 10.1. The molecule has 1 aliphatic rings. The topological polar surface area (TPSA) is 96.7 Å². The molecule has 2 heterocycles. The number of nitrogens with one attached hydrogen (secondary N) is 2. The molecule has 0 aromatic carbocycles. The summed E-state index contributed by atoms with van der Waals surface area (Å²) in [7, 11) is 0. The first-order valence-electron chi connectivity index (χ1n) is 11.2. The largest absolute Gasteiger partial charge is 0.444 e. The fraction of sp³-hybridized carbons (Fsp3) is 0.810. The zero-order valence-electron chi connectivity index (χ0n) is 19.5. The van der Waals surface area contributed by atoms with Gasteiger partial charge in [-0.15, -0.1) is 0 Å². The number of nitrogens with zero attached hydrogens (tertiary/aromatic N) is 5. The fourth-order valence-corrected chi connectivity index (χ4v) is 3.31. The maximum atomic E-state index is 12.4. The Kier molecular flexibility index (Phi) is 8.92. The van der Waals surface area contributed by atoms with Gasteiger partial charge in [-0.2, -0.15) is 5.10 Å². The number of aromatic nitrogens is 3. The summed E-state index contributed by atoms with van der Waals surface area (Å²) in [6, 6.07) is 0.249. The Labute approximate surface area is 180 Å². The Morgan fingerprint density at radius 2 is 2.07 bits per heavy atom. The van der Waals surface area contributed by atoms with Crippen molar-refractivity contribution >= 4 is 12.1 Å². The molecule has 1 aromatic rings. The van der Waals surface area contributed by atoms with Crippen molar-refractivity contribution in [2.24, 2.45) is 4.99 Å². The lowest BCUT2D eigenvalue weighted by Crippen LogP contribution is -2.47. The van der Waals surface area contributed by atoms with Crippen molar-refractivity contribution < 1.29 is 9.53 Å². The number of rotatable bonds is 8. The Balaban J connectivity index is 1.93. The minimum absolute atomic E-state index is 0.249. The van der Waals surface area contributed by atoms with Gasteiger partial charge in [-0.3, -0.25) is 4.99 Å². The molecule has 2 rings (SSSR count). The quantitative estimate of drug-likeness (QED) is 0.494. The minimum atomic E-state index is -0.498.